The van der Waals surface area contributed by atoms with Crippen LogP contribution in [0.25, 0.3) is 22.3 Å². The van der Waals surface area contributed by atoms with Gasteiger partial charge in [0.25, 0.3) is 5.96 Å². The fraction of sp³-hybridized carbons (Fsp3) is 0.0476. The molecule has 0 fully saturated rings. The average Bonchev–Trinajstić information content (AvgIpc) is 3.24. The lowest BCUT2D eigenvalue weighted by atomic mass is 9.94. The fourth-order valence-electron chi connectivity index (χ4n) is 3.17. The van der Waals surface area contributed by atoms with Crippen LogP contribution in [0, 0.1) is 0 Å². The molecule has 0 aliphatic carbocycles. The smallest absolute Gasteiger partial charge is 0.255 e. The Morgan fingerprint density at radius 2 is 1.50 bits per heavy atom. The van der Waals surface area contributed by atoms with Gasteiger partial charge in [-0.3, -0.25) is 0 Å². The summed E-state index contributed by atoms with van der Waals surface area (Å²) < 4.78 is 0. The zero-order valence-corrected chi connectivity index (χ0v) is 15.6. The Balaban J connectivity index is 1.90. The number of hydrogen-bond donors (Lipinski definition) is 3. The van der Waals surface area contributed by atoms with E-state index >= 15 is 0 Å². The fourth-order valence-corrected chi connectivity index (χ4v) is 4.02. The molecule has 0 spiro atoms. The van der Waals surface area contributed by atoms with Crippen LogP contribution in [0.4, 0.5) is 0 Å². The summed E-state index contributed by atoms with van der Waals surface area (Å²) in [5.74, 6) is 0.113. The van der Waals surface area contributed by atoms with E-state index in [9.17, 15) is 5.11 Å². The number of rotatable bonds is 3. The van der Waals surface area contributed by atoms with Crippen LogP contribution in [0.15, 0.2) is 83.1 Å². The quantitative estimate of drug-likeness (QED) is 0.266. The molecule has 6 nitrogen and oxygen atoms in total. The van der Waals surface area contributed by atoms with Crippen LogP contribution in [-0.4, -0.2) is 26.8 Å². The summed E-state index contributed by atoms with van der Waals surface area (Å²) in [5, 5.41) is 28.5. The molecule has 7 heteroatoms. The maximum Gasteiger partial charge on any atom is 0.255 e. The molecule has 1 unspecified atom stereocenters. The van der Waals surface area contributed by atoms with Crippen molar-refractivity contribution in [2.75, 3.05) is 0 Å². The molecule has 4 N–H and O–H groups in total. The molecule has 3 aromatic carbocycles. The number of nitrogens with two attached hydrogens (primary N) is 1. The molecule has 0 bridgehead atoms. The van der Waals surface area contributed by atoms with E-state index in [2.05, 4.69) is 10.3 Å². The van der Waals surface area contributed by atoms with Gasteiger partial charge in [-0.1, -0.05) is 72.4 Å². The molecule has 0 saturated carbocycles. The van der Waals surface area contributed by atoms with E-state index in [0.29, 0.717) is 11.1 Å². The van der Waals surface area contributed by atoms with Crippen LogP contribution in [-0.2, 0) is 0 Å². The van der Waals surface area contributed by atoms with Gasteiger partial charge in [0.2, 0.25) is 0 Å². The Kier molecular flexibility index (Phi) is 4.90. The zero-order chi connectivity index (χ0) is 19.5. The molecular formula is C21H18N4O2S. The van der Waals surface area contributed by atoms with Crippen LogP contribution >= 0.6 is 11.8 Å². The summed E-state index contributed by atoms with van der Waals surface area (Å²) in [4.78, 5) is 0. The Bertz CT molecular complexity index is 978. The zero-order valence-electron chi connectivity index (χ0n) is 14.8. The highest BCUT2D eigenvalue weighted by atomic mass is 32.2. The second-order valence-corrected chi connectivity index (χ2v) is 7.14. The third kappa shape index (κ3) is 3.27. The third-order valence-corrected chi connectivity index (χ3v) is 5.45. The molecule has 1 atom stereocenters. The number of hydrogen-bond acceptors (Lipinski definition) is 5. The molecule has 0 radical (unpaired) electrons. The Hall–Kier alpha value is -3.45. The molecule has 1 aliphatic rings. The number of nitrogens with zero attached hydrogens (tertiary/aromatic N) is 3. The number of oxime groups is 1. The lowest BCUT2D eigenvalue weighted by Crippen LogP contribution is -2.33. The van der Waals surface area contributed by atoms with Crippen molar-refractivity contribution >= 4 is 23.3 Å². The predicted octanol–water partition coefficient (Wildman–Crippen LogP) is 4.42. The largest absolute Gasteiger partial charge is 0.507 e. The highest BCUT2D eigenvalue weighted by Crippen LogP contribution is 2.44. The highest BCUT2D eigenvalue weighted by molar-refractivity contribution is 8.12. The van der Waals surface area contributed by atoms with Gasteiger partial charge in [-0.25, -0.2) is 5.01 Å². The van der Waals surface area contributed by atoms with Crippen molar-refractivity contribution in [3.63, 3.8) is 0 Å². The molecule has 0 saturated heterocycles. The normalized spacial score (nSPS) is 16.5. The van der Waals surface area contributed by atoms with Crippen LogP contribution < -0.4 is 5.73 Å². The molecule has 1 aliphatic heterocycles. The highest BCUT2D eigenvalue weighted by Gasteiger charge is 2.28. The van der Waals surface area contributed by atoms with Crippen LogP contribution in [0.5, 0.6) is 5.75 Å². The van der Waals surface area contributed by atoms with Gasteiger partial charge in [-0.2, -0.15) is 5.10 Å². The van der Waals surface area contributed by atoms with E-state index < -0.39 is 0 Å². The molecule has 140 valence electrons. The monoisotopic (exact) mass is 390 g/mol. The van der Waals surface area contributed by atoms with Gasteiger partial charge in [-0.05, 0) is 34.0 Å². The number of hydrazone groups is 1. The van der Waals surface area contributed by atoms with E-state index in [1.807, 2.05) is 72.8 Å². The Morgan fingerprint density at radius 3 is 2.00 bits per heavy atom. The Morgan fingerprint density at radius 1 is 0.964 bits per heavy atom. The lowest BCUT2D eigenvalue weighted by Gasteiger charge is -2.23. The summed E-state index contributed by atoms with van der Waals surface area (Å²) in [6, 6.07) is 23.2. The van der Waals surface area contributed by atoms with Gasteiger partial charge < -0.3 is 16.0 Å². The van der Waals surface area contributed by atoms with E-state index in [1.54, 1.807) is 5.55 Å². The minimum absolute atomic E-state index is 0.0955. The minimum Gasteiger partial charge on any atom is -0.507 e. The SMILES string of the molecule is NC(=NO)N1N=CSC1c1cc(-c2ccccc2)c(O)c(-c2ccccc2)c1. The van der Waals surface area contributed by atoms with E-state index in [0.717, 1.165) is 16.7 Å². The molecule has 3 aromatic rings. The van der Waals surface area contributed by atoms with Crippen molar-refractivity contribution in [3.8, 4) is 28.0 Å². The summed E-state index contributed by atoms with van der Waals surface area (Å²) in [5.41, 5.74) is 11.5. The van der Waals surface area contributed by atoms with Crippen LogP contribution in [0.1, 0.15) is 10.9 Å². The first-order valence-electron chi connectivity index (χ1n) is 8.61. The Labute approximate surface area is 166 Å². The van der Waals surface area contributed by atoms with Crippen molar-refractivity contribution in [3.05, 3.63) is 78.4 Å². The summed E-state index contributed by atoms with van der Waals surface area (Å²) in [6.45, 7) is 0. The van der Waals surface area contributed by atoms with E-state index in [1.165, 1.54) is 16.8 Å². The van der Waals surface area contributed by atoms with Gasteiger partial charge in [-0.15, -0.1) is 0 Å². The maximum atomic E-state index is 11.0. The summed E-state index contributed by atoms with van der Waals surface area (Å²) >= 11 is 1.44. The number of guanidine groups is 1. The molecular weight excluding hydrogens is 372 g/mol. The number of thioether (sulfide) groups is 1. The van der Waals surface area contributed by atoms with Crippen molar-refractivity contribution in [2.45, 2.75) is 5.37 Å². The van der Waals surface area contributed by atoms with E-state index in [4.69, 9.17) is 10.9 Å². The van der Waals surface area contributed by atoms with Crippen LogP contribution in [0.3, 0.4) is 0 Å². The van der Waals surface area contributed by atoms with Crippen molar-refractivity contribution in [2.24, 2.45) is 16.0 Å². The standard InChI is InChI=1S/C21H18N4O2S/c22-21(24-27)25-20(28-13-23-25)16-11-17(14-7-3-1-4-8-14)19(26)18(12-16)15-9-5-2-6-10-15/h1-13,20,26-27H,(H2,22,24). The topological polar surface area (TPSA) is 94.4 Å². The maximum absolute atomic E-state index is 11.0. The molecule has 1 heterocycles. The first kappa shape index (κ1) is 17.9. The first-order chi connectivity index (χ1) is 13.7. The number of benzene rings is 3. The number of phenolic OH excluding ortho intramolecular Hbond substituents is 1. The van der Waals surface area contributed by atoms with Gasteiger partial charge in [0, 0.05) is 11.1 Å². The molecule has 4 rings (SSSR count). The van der Waals surface area contributed by atoms with Crippen molar-refractivity contribution in [1.29, 1.82) is 0 Å². The molecule has 0 aromatic heterocycles. The van der Waals surface area contributed by atoms with Gasteiger partial charge in [0.15, 0.2) is 0 Å². The van der Waals surface area contributed by atoms with Crippen molar-refractivity contribution < 1.29 is 10.3 Å². The average molecular weight is 390 g/mol. The lowest BCUT2D eigenvalue weighted by molar-refractivity contribution is 0.298. The number of phenols is 1. The van der Waals surface area contributed by atoms with Gasteiger partial charge >= 0.3 is 0 Å². The molecule has 28 heavy (non-hydrogen) atoms. The molecule has 0 amide bonds. The second-order valence-electron chi connectivity index (χ2n) is 6.21. The van der Waals surface area contributed by atoms with Gasteiger partial charge in [0.1, 0.15) is 11.1 Å². The summed E-state index contributed by atoms with van der Waals surface area (Å²) in [7, 11) is 0. The van der Waals surface area contributed by atoms with Crippen LogP contribution in [0.2, 0.25) is 0 Å². The predicted molar refractivity (Wildman–Crippen MR) is 113 cm³/mol. The second kappa shape index (κ2) is 7.66. The van der Waals surface area contributed by atoms with Gasteiger partial charge in [0.05, 0.1) is 5.55 Å². The summed E-state index contributed by atoms with van der Waals surface area (Å²) in [6.07, 6.45) is 0. The third-order valence-electron chi connectivity index (χ3n) is 4.51. The first-order valence-corrected chi connectivity index (χ1v) is 9.55. The van der Waals surface area contributed by atoms with Crippen molar-refractivity contribution in [1.82, 2.24) is 5.01 Å². The minimum atomic E-state index is -0.304. The van der Waals surface area contributed by atoms with E-state index in [-0.39, 0.29) is 17.1 Å². The number of aromatic hydroxyl groups is 1.